The summed E-state index contributed by atoms with van der Waals surface area (Å²) in [6, 6.07) is 0.459. The van der Waals surface area contributed by atoms with Crippen molar-refractivity contribution in [3.63, 3.8) is 0 Å². The summed E-state index contributed by atoms with van der Waals surface area (Å²) in [5.74, 6) is 1.70. The topological polar surface area (TPSA) is 39.1 Å². The molecule has 4 nitrogen and oxygen atoms in total. The Hall–Kier alpha value is -1.03. The molecule has 1 N–H and O–H groups in total. The standard InChI is InChI=1S/C13H25N3O/c1-11(2)5-6-12(3)15-13-14-7-8-16(13)9-10-17-4/h7-8,11-12H,5-6,9-10H2,1-4H3,(H,14,15). The zero-order chi connectivity index (χ0) is 12.7. The van der Waals surface area contributed by atoms with E-state index in [-0.39, 0.29) is 0 Å². The van der Waals surface area contributed by atoms with Crippen molar-refractivity contribution in [3.8, 4) is 0 Å². The Morgan fingerprint density at radius 1 is 1.35 bits per heavy atom. The average molecular weight is 239 g/mol. The molecule has 0 aliphatic rings. The lowest BCUT2D eigenvalue weighted by Gasteiger charge is -2.16. The number of nitrogens with one attached hydrogen (secondary N) is 1. The Morgan fingerprint density at radius 2 is 2.12 bits per heavy atom. The van der Waals surface area contributed by atoms with E-state index in [4.69, 9.17) is 4.74 Å². The lowest BCUT2D eigenvalue weighted by molar-refractivity contribution is 0.187. The molecule has 4 heteroatoms. The van der Waals surface area contributed by atoms with Gasteiger partial charge >= 0.3 is 0 Å². The van der Waals surface area contributed by atoms with E-state index >= 15 is 0 Å². The van der Waals surface area contributed by atoms with Gasteiger partial charge in [0.1, 0.15) is 0 Å². The van der Waals surface area contributed by atoms with Crippen LogP contribution in [0.1, 0.15) is 33.6 Å². The molecule has 1 atom stereocenters. The quantitative estimate of drug-likeness (QED) is 0.758. The van der Waals surface area contributed by atoms with Crippen LogP contribution in [-0.2, 0) is 11.3 Å². The first-order valence-corrected chi connectivity index (χ1v) is 6.40. The van der Waals surface area contributed by atoms with Crippen molar-refractivity contribution in [3.05, 3.63) is 12.4 Å². The molecule has 0 amide bonds. The van der Waals surface area contributed by atoms with E-state index in [2.05, 4.69) is 35.6 Å². The Bertz CT molecular complexity index is 309. The van der Waals surface area contributed by atoms with Crippen molar-refractivity contribution in [2.75, 3.05) is 19.0 Å². The minimum atomic E-state index is 0.459. The number of anilines is 1. The van der Waals surface area contributed by atoms with Gasteiger partial charge in [-0.15, -0.1) is 0 Å². The molecule has 0 aliphatic heterocycles. The van der Waals surface area contributed by atoms with Crippen LogP contribution < -0.4 is 5.32 Å². The fourth-order valence-corrected chi connectivity index (χ4v) is 1.70. The summed E-state index contributed by atoms with van der Waals surface area (Å²) in [5.41, 5.74) is 0. The van der Waals surface area contributed by atoms with Crippen LogP contribution in [-0.4, -0.2) is 29.3 Å². The van der Waals surface area contributed by atoms with Gasteiger partial charge in [-0.05, 0) is 25.7 Å². The van der Waals surface area contributed by atoms with E-state index < -0.39 is 0 Å². The van der Waals surface area contributed by atoms with Crippen molar-refractivity contribution >= 4 is 5.95 Å². The van der Waals surface area contributed by atoms with E-state index in [1.54, 1.807) is 7.11 Å². The fourth-order valence-electron chi connectivity index (χ4n) is 1.70. The van der Waals surface area contributed by atoms with Crippen LogP contribution in [0.2, 0.25) is 0 Å². The molecule has 0 bridgehead atoms. The highest BCUT2D eigenvalue weighted by Crippen LogP contribution is 2.11. The zero-order valence-corrected chi connectivity index (χ0v) is 11.4. The number of ether oxygens (including phenoxy) is 1. The molecule has 1 aromatic heterocycles. The van der Waals surface area contributed by atoms with Crippen LogP contribution in [0.5, 0.6) is 0 Å². The van der Waals surface area contributed by atoms with Crippen LogP contribution in [0.4, 0.5) is 5.95 Å². The van der Waals surface area contributed by atoms with E-state index in [0.717, 1.165) is 18.4 Å². The number of aromatic nitrogens is 2. The molecular formula is C13H25N3O. The Kier molecular flexibility index (Phi) is 6.05. The molecule has 98 valence electrons. The smallest absolute Gasteiger partial charge is 0.203 e. The number of hydrogen-bond donors (Lipinski definition) is 1. The highest BCUT2D eigenvalue weighted by molar-refractivity contribution is 5.27. The molecular weight excluding hydrogens is 214 g/mol. The SMILES string of the molecule is COCCn1ccnc1NC(C)CCC(C)C. The molecule has 1 rings (SSSR count). The van der Waals surface area contributed by atoms with Gasteiger partial charge in [0.2, 0.25) is 5.95 Å². The number of nitrogens with zero attached hydrogens (tertiary/aromatic N) is 2. The lowest BCUT2D eigenvalue weighted by atomic mass is 10.0. The summed E-state index contributed by atoms with van der Waals surface area (Å²) in [5, 5.41) is 3.45. The molecule has 0 fully saturated rings. The van der Waals surface area contributed by atoms with Gasteiger partial charge in [0.15, 0.2) is 0 Å². The van der Waals surface area contributed by atoms with Crippen LogP contribution in [0, 0.1) is 5.92 Å². The van der Waals surface area contributed by atoms with Crippen molar-refractivity contribution in [2.24, 2.45) is 5.92 Å². The minimum Gasteiger partial charge on any atom is -0.383 e. The molecule has 0 saturated carbocycles. The minimum absolute atomic E-state index is 0.459. The molecule has 0 spiro atoms. The van der Waals surface area contributed by atoms with Crippen LogP contribution in [0.25, 0.3) is 0 Å². The summed E-state index contributed by atoms with van der Waals surface area (Å²) in [6.45, 7) is 8.28. The van der Waals surface area contributed by atoms with Gasteiger partial charge in [-0.25, -0.2) is 4.98 Å². The van der Waals surface area contributed by atoms with Crippen molar-refractivity contribution in [1.82, 2.24) is 9.55 Å². The van der Waals surface area contributed by atoms with Crippen molar-refractivity contribution < 1.29 is 4.74 Å². The Balaban J connectivity index is 2.41. The summed E-state index contributed by atoms with van der Waals surface area (Å²) in [6.07, 6.45) is 6.23. The number of methoxy groups -OCH3 is 1. The third-order valence-electron chi connectivity index (χ3n) is 2.80. The van der Waals surface area contributed by atoms with Crippen LogP contribution in [0.3, 0.4) is 0 Å². The van der Waals surface area contributed by atoms with Gasteiger partial charge < -0.3 is 14.6 Å². The van der Waals surface area contributed by atoms with Gasteiger partial charge in [-0.2, -0.15) is 0 Å². The van der Waals surface area contributed by atoms with Crippen molar-refractivity contribution in [2.45, 2.75) is 46.2 Å². The third-order valence-corrected chi connectivity index (χ3v) is 2.80. The van der Waals surface area contributed by atoms with E-state index in [1.165, 1.54) is 12.8 Å². The maximum absolute atomic E-state index is 5.08. The van der Waals surface area contributed by atoms with E-state index in [1.807, 2.05) is 12.4 Å². The average Bonchev–Trinajstić information content (AvgIpc) is 2.71. The first-order valence-electron chi connectivity index (χ1n) is 6.40. The summed E-state index contributed by atoms with van der Waals surface area (Å²) < 4.78 is 7.17. The number of rotatable bonds is 8. The predicted octanol–water partition coefficient (Wildman–Crippen LogP) is 2.77. The number of imidazole rings is 1. The predicted molar refractivity (Wildman–Crippen MR) is 71.3 cm³/mol. The fraction of sp³-hybridized carbons (Fsp3) is 0.769. The highest BCUT2D eigenvalue weighted by atomic mass is 16.5. The first-order chi connectivity index (χ1) is 8.13. The van der Waals surface area contributed by atoms with Gasteiger partial charge in [0.25, 0.3) is 0 Å². The maximum atomic E-state index is 5.08. The normalized spacial score (nSPS) is 13.0. The second kappa shape index (κ2) is 7.33. The Morgan fingerprint density at radius 3 is 2.76 bits per heavy atom. The second-order valence-electron chi connectivity index (χ2n) is 4.95. The van der Waals surface area contributed by atoms with Crippen LogP contribution >= 0.6 is 0 Å². The van der Waals surface area contributed by atoms with Gasteiger partial charge in [-0.1, -0.05) is 13.8 Å². The maximum Gasteiger partial charge on any atom is 0.203 e. The first kappa shape index (κ1) is 14.0. The molecule has 0 aromatic carbocycles. The lowest BCUT2D eigenvalue weighted by Crippen LogP contribution is -2.19. The van der Waals surface area contributed by atoms with E-state index in [9.17, 15) is 0 Å². The van der Waals surface area contributed by atoms with Gasteiger partial charge in [0.05, 0.1) is 6.61 Å². The monoisotopic (exact) mass is 239 g/mol. The largest absolute Gasteiger partial charge is 0.383 e. The second-order valence-corrected chi connectivity index (χ2v) is 4.95. The molecule has 1 heterocycles. The zero-order valence-electron chi connectivity index (χ0n) is 11.4. The number of hydrogen-bond acceptors (Lipinski definition) is 3. The van der Waals surface area contributed by atoms with Crippen LogP contribution in [0.15, 0.2) is 12.4 Å². The molecule has 0 aliphatic carbocycles. The van der Waals surface area contributed by atoms with E-state index in [0.29, 0.717) is 12.6 Å². The van der Waals surface area contributed by atoms with Gasteiger partial charge in [-0.3, -0.25) is 0 Å². The molecule has 17 heavy (non-hydrogen) atoms. The molecule has 1 unspecified atom stereocenters. The van der Waals surface area contributed by atoms with Gasteiger partial charge in [0, 0.05) is 32.1 Å². The molecule has 1 aromatic rings. The molecule has 0 radical (unpaired) electrons. The molecule has 0 saturated heterocycles. The third kappa shape index (κ3) is 5.22. The Labute approximate surface area is 104 Å². The van der Waals surface area contributed by atoms with Crippen molar-refractivity contribution in [1.29, 1.82) is 0 Å². The highest BCUT2D eigenvalue weighted by Gasteiger charge is 2.07. The summed E-state index contributed by atoms with van der Waals surface area (Å²) >= 11 is 0. The summed E-state index contributed by atoms with van der Waals surface area (Å²) in [7, 11) is 1.72. The summed E-state index contributed by atoms with van der Waals surface area (Å²) in [4.78, 5) is 4.33.